The van der Waals surface area contributed by atoms with Crippen molar-refractivity contribution in [1.29, 1.82) is 0 Å². The Balaban J connectivity index is 1.49. The lowest BCUT2D eigenvalue weighted by Crippen LogP contribution is -2.49. The van der Waals surface area contributed by atoms with E-state index in [4.69, 9.17) is 4.74 Å². The van der Waals surface area contributed by atoms with Crippen LogP contribution in [0.1, 0.15) is 50.5 Å². The van der Waals surface area contributed by atoms with Crippen LogP contribution in [0.3, 0.4) is 0 Å². The van der Waals surface area contributed by atoms with Gasteiger partial charge in [0.2, 0.25) is 5.91 Å². The van der Waals surface area contributed by atoms with Gasteiger partial charge in [0.05, 0.1) is 11.8 Å². The van der Waals surface area contributed by atoms with Crippen molar-refractivity contribution in [2.45, 2.75) is 64.0 Å². The fraction of sp³-hybridized carbons (Fsp3) is 0.650. The van der Waals surface area contributed by atoms with Gasteiger partial charge in [0.15, 0.2) is 0 Å². The smallest absolute Gasteiger partial charge is 0.246 e. The van der Waals surface area contributed by atoms with Gasteiger partial charge < -0.3 is 15.0 Å². The average molecular weight is 348 g/mol. The Bertz CT molecular complexity index is 587. The van der Waals surface area contributed by atoms with E-state index in [1.54, 1.807) is 6.07 Å². The van der Waals surface area contributed by atoms with Gasteiger partial charge in [0.25, 0.3) is 0 Å². The lowest BCUT2D eigenvalue weighted by atomic mass is 9.98. The summed E-state index contributed by atoms with van der Waals surface area (Å²) in [5.74, 6) is -0.250. The zero-order chi connectivity index (χ0) is 17.6. The predicted octanol–water partition coefficient (Wildman–Crippen LogP) is 3.57. The highest BCUT2D eigenvalue weighted by Gasteiger charge is 2.24. The number of carbonyl (C=O) groups excluding carboxylic acids is 1. The van der Waals surface area contributed by atoms with Gasteiger partial charge in [-0.3, -0.25) is 4.79 Å². The minimum Gasteiger partial charge on any atom is -0.368 e. The summed E-state index contributed by atoms with van der Waals surface area (Å²) in [5.41, 5.74) is 1.68. The van der Waals surface area contributed by atoms with E-state index in [2.05, 4.69) is 5.32 Å². The lowest BCUT2D eigenvalue weighted by molar-refractivity contribution is -0.129. The molecule has 1 heterocycles. The predicted molar refractivity (Wildman–Crippen MR) is 97.3 cm³/mol. The van der Waals surface area contributed by atoms with Crippen molar-refractivity contribution in [2.24, 2.45) is 0 Å². The molecule has 25 heavy (non-hydrogen) atoms. The molecule has 1 saturated carbocycles. The van der Waals surface area contributed by atoms with Crippen molar-refractivity contribution < 1.29 is 13.9 Å². The Kier molecular flexibility index (Phi) is 6.29. The van der Waals surface area contributed by atoms with Gasteiger partial charge in [0, 0.05) is 19.1 Å². The quantitative estimate of drug-likeness (QED) is 0.884. The van der Waals surface area contributed by atoms with Gasteiger partial charge in [-0.2, -0.15) is 0 Å². The first-order valence-electron chi connectivity index (χ1n) is 9.54. The molecule has 3 rings (SSSR count). The molecule has 1 N–H and O–H groups in total. The molecule has 1 aliphatic heterocycles. The standard InChI is InChI=1S/C20H29FN2O2/c1-15-9-10-18(21)19(12-15)23-11-5-6-16(13-23)22-20(24)14-25-17-7-3-2-4-8-17/h9-10,12,16-17H,2-8,11,13-14H2,1H3,(H,22,24). The molecule has 5 heteroatoms. The van der Waals surface area contributed by atoms with Crippen LogP contribution < -0.4 is 10.2 Å². The number of hydrogen-bond donors (Lipinski definition) is 1. The van der Waals surface area contributed by atoms with E-state index in [9.17, 15) is 9.18 Å². The van der Waals surface area contributed by atoms with E-state index in [0.717, 1.165) is 37.8 Å². The number of carbonyl (C=O) groups is 1. The summed E-state index contributed by atoms with van der Waals surface area (Å²) in [5, 5.41) is 3.06. The number of anilines is 1. The third-order valence-corrected chi connectivity index (χ3v) is 5.23. The SMILES string of the molecule is Cc1ccc(F)c(N2CCCC(NC(=O)COC3CCCCC3)C2)c1. The molecule has 1 aromatic rings. The minimum atomic E-state index is -0.196. The van der Waals surface area contributed by atoms with Crippen molar-refractivity contribution in [2.75, 3.05) is 24.6 Å². The number of nitrogens with one attached hydrogen (secondary N) is 1. The van der Waals surface area contributed by atoms with Crippen molar-refractivity contribution in [3.8, 4) is 0 Å². The van der Waals surface area contributed by atoms with Crippen molar-refractivity contribution in [3.05, 3.63) is 29.6 Å². The van der Waals surface area contributed by atoms with Crippen LogP contribution in [-0.2, 0) is 9.53 Å². The van der Waals surface area contributed by atoms with E-state index in [1.165, 1.54) is 25.3 Å². The molecule has 2 fully saturated rings. The maximum absolute atomic E-state index is 14.1. The Hall–Kier alpha value is -1.62. The molecule has 0 bridgehead atoms. The topological polar surface area (TPSA) is 41.6 Å². The van der Waals surface area contributed by atoms with Gasteiger partial charge in [0.1, 0.15) is 12.4 Å². The molecule has 1 unspecified atom stereocenters. The molecule has 0 radical (unpaired) electrons. The van der Waals surface area contributed by atoms with Crippen LogP contribution in [0.5, 0.6) is 0 Å². The molecule has 1 atom stereocenters. The lowest BCUT2D eigenvalue weighted by Gasteiger charge is -2.35. The molecular formula is C20H29FN2O2. The number of ether oxygens (including phenoxy) is 1. The van der Waals surface area contributed by atoms with Crippen LogP contribution in [0.2, 0.25) is 0 Å². The number of benzene rings is 1. The summed E-state index contributed by atoms with van der Waals surface area (Å²) in [7, 11) is 0. The largest absolute Gasteiger partial charge is 0.368 e. The molecule has 138 valence electrons. The number of aryl methyl sites for hydroxylation is 1. The summed E-state index contributed by atoms with van der Waals surface area (Å²) in [4.78, 5) is 14.2. The molecule has 0 spiro atoms. The highest BCUT2D eigenvalue weighted by Crippen LogP contribution is 2.24. The maximum atomic E-state index is 14.1. The normalized spacial score (nSPS) is 22.0. The van der Waals surface area contributed by atoms with Crippen molar-refractivity contribution >= 4 is 11.6 Å². The van der Waals surface area contributed by atoms with E-state index in [-0.39, 0.29) is 30.5 Å². The van der Waals surface area contributed by atoms with Gasteiger partial charge in [-0.05, 0) is 50.3 Å². The summed E-state index contributed by atoms with van der Waals surface area (Å²) in [6, 6.07) is 5.23. The van der Waals surface area contributed by atoms with E-state index >= 15 is 0 Å². The zero-order valence-corrected chi connectivity index (χ0v) is 15.1. The second-order valence-corrected chi connectivity index (χ2v) is 7.38. The average Bonchev–Trinajstić information content (AvgIpc) is 2.63. The molecule has 4 nitrogen and oxygen atoms in total. The monoisotopic (exact) mass is 348 g/mol. The summed E-state index contributed by atoms with van der Waals surface area (Å²) in [6.45, 7) is 3.58. The first-order valence-corrected chi connectivity index (χ1v) is 9.54. The number of hydrogen-bond acceptors (Lipinski definition) is 3. The number of piperidine rings is 1. The van der Waals surface area contributed by atoms with E-state index < -0.39 is 0 Å². The van der Waals surface area contributed by atoms with Crippen molar-refractivity contribution in [1.82, 2.24) is 5.32 Å². The van der Waals surface area contributed by atoms with Crippen LogP contribution in [0, 0.1) is 12.7 Å². The fourth-order valence-corrected chi connectivity index (χ4v) is 3.87. The van der Waals surface area contributed by atoms with Crippen molar-refractivity contribution in [3.63, 3.8) is 0 Å². The molecule has 0 aromatic heterocycles. The number of rotatable bonds is 5. The Morgan fingerprint density at radius 2 is 2.04 bits per heavy atom. The molecule has 2 aliphatic rings. The van der Waals surface area contributed by atoms with Gasteiger partial charge >= 0.3 is 0 Å². The Labute approximate surface area is 149 Å². The number of amides is 1. The zero-order valence-electron chi connectivity index (χ0n) is 15.1. The summed E-state index contributed by atoms with van der Waals surface area (Å²) in [6.07, 6.45) is 7.93. The first-order chi connectivity index (χ1) is 12.1. The summed E-state index contributed by atoms with van der Waals surface area (Å²) < 4.78 is 19.9. The minimum absolute atomic E-state index is 0.0520. The molecule has 1 amide bonds. The highest BCUT2D eigenvalue weighted by atomic mass is 19.1. The van der Waals surface area contributed by atoms with E-state index in [0.29, 0.717) is 12.2 Å². The third-order valence-electron chi connectivity index (χ3n) is 5.23. The maximum Gasteiger partial charge on any atom is 0.246 e. The first kappa shape index (κ1) is 18.2. The molecule has 1 aromatic carbocycles. The van der Waals surface area contributed by atoms with Crippen LogP contribution in [0.4, 0.5) is 10.1 Å². The number of nitrogens with zero attached hydrogens (tertiary/aromatic N) is 1. The number of halogens is 1. The summed E-state index contributed by atoms with van der Waals surface area (Å²) >= 11 is 0. The Morgan fingerprint density at radius 3 is 2.84 bits per heavy atom. The van der Waals surface area contributed by atoms with Crippen LogP contribution >= 0.6 is 0 Å². The van der Waals surface area contributed by atoms with Gasteiger partial charge in [-0.1, -0.05) is 25.3 Å². The van der Waals surface area contributed by atoms with Crippen LogP contribution in [0.15, 0.2) is 18.2 Å². The van der Waals surface area contributed by atoms with E-state index in [1.807, 2.05) is 17.9 Å². The van der Waals surface area contributed by atoms with Gasteiger partial charge in [-0.15, -0.1) is 0 Å². The van der Waals surface area contributed by atoms with Crippen LogP contribution in [0.25, 0.3) is 0 Å². The van der Waals surface area contributed by atoms with Gasteiger partial charge in [-0.25, -0.2) is 4.39 Å². The Morgan fingerprint density at radius 1 is 1.24 bits per heavy atom. The molecule has 1 aliphatic carbocycles. The second kappa shape index (κ2) is 8.65. The third kappa shape index (κ3) is 5.18. The van der Waals surface area contributed by atoms with Crippen LogP contribution in [-0.4, -0.2) is 37.7 Å². The molecule has 1 saturated heterocycles. The fourth-order valence-electron chi connectivity index (χ4n) is 3.87. The second-order valence-electron chi connectivity index (χ2n) is 7.38. The molecular weight excluding hydrogens is 319 g/mol. The highest BCUT2D eigenvalue weighted by molar-refractivity contribution is 5.77.